The molecule has 0 aliphatic heterocycles. The minimum absolute atomic E-state index is 0.232. The van der Waals surface area contributed by atoms with Crippen LogP contribution in [0.4, 0.5) is 11.5 Å². The Hall–Kier alpha value is -2.91. The van der Waals surface area contributed by atoms with E-state index in [4.69, 9.17) is 0 Å². The van der Waals surface area contributed by atoms with E-state index in [2.05, 4.69) is 20.0 Å². The fraction of sp³-hybridized carbons (Fsp3) is 0.190. The second-order valence-electron chi connectivity index (χ2n) is 6.90. The average Bonchev–Trinajstić information content (AvgIpc) is 2.64. The molecule has 0 saturated carbocycles. The highest BCUT2D eigenvalue weighted by molar-refractivity contribution is 7.98. The number of thioether (sulfide) groups is 1. The van der Waals surface area contributed by atoms with Crippen molar-refractivity contribution < 1.29 is 13.2 Å². The monoisotopic (exact) mass is 442 g/mol. The van der Waals surface area contributed by atoms with E-state index in [1.54, 1.807) is 30.5 Å². The molecule has 0 saturated heterocycles. The summed E-state index contributed by atoms with van der Waals surface area (Å²) >= 11 is 1.40. The molecule has 1 amide bonds. The highest BCUT2D eigenvalue weighted by Gasteiger charge is 2.14. The fourth-order valence-corrected chi connectivity index (χ4v) is 4.31. The summed E-state index contributed by atoms with van der Waals surface area (Å²) in [5.74, 6) is 0.524. The number of rotatable bonds is 7. The first-order chi connectivity index (χ1) is 14.2. The molecule has 0 bridgehead atoms. The third-order valence-electron chi connectivity index (χ3n) is 3.99. The Morgan fingerprint density at radius 2 is 1.77 bits per heavy atom. The predicted octanol–water partition coefficient (Wildman–Crippen LogP) is 4.01. The van der Waals surface area contributed by atoms with Crippen LogP contribution in [-0.4, -0.2) is 30.5 Å². The van der Waals surface area contributed by atoms with E-state index in [1.807, 2.05) is 32.0 Å². The van der Waals surface area contributed by atoms with Crippen LogP contribution >= 0.6 is 11.8 Å². The summed E-state index contributed by atoms with van der Waals surface area (Å²) < 4.78 is 25.1. The number of carbonyl (C=O) groups is 1. The maximum Gasteiger partial charge on any atom is 0.258 e. The number of sulfonamides is 1. The zero-order valence-electron chi connectivity index (χ0n) is 16.8. The van der Waals surface area contributed by atoms with Gasteiger partial charge in [0.2, 0.25) is 10.0 Å². The van der Waals surface area contributed by atoms with Crippen molar-refractivity contribution in [3.8, 4) is 0 Å². The first-order valence-corrected chi connectivity index (χ1v) is 12.0. The highest BCUT2D eigenvalue weighted by atomic mass is 32.2. The van der Waals surface area contributed by atoms with Crippen LogP contribution in [0.25, 0.3) is 0 Å². The van der Waals surface area contributed by atoms with Crippen molar-refractivity contribution in [2.24, 2.45) is 0 Å². The Bertz CT molecular complexity index is 1160. The van der Waals surface area contributed by atoms with E-state index in [0.717, 1.165) is 28.6 Å². The summed E-state index contributed by atoms with van der Waals surface area (Å²) in [6, 6.07) is 12.8. The highest BCUT2D eigenvalue weighted by Crippen LogP contribution is 2.26. The van der Waals surface area contributed by atoms with Gasteiger partial charge in [-0.3, -0.25) is 9.52 Å². The van der Waals surface area contributed by atoms with Gasteiger partial charge in [0, 0.05) is 23.8 Å². The molecule has 2 heterocycles. The molecule has 9 heteroatoms. The van der Waals surface area contributed by atoms with Gasteiger partial charge in [-0.05, 0) is 66.9 Å². The predicted molar refractivity (Wildman–Crippen MR) is 120 cm³/mol. The molecule has 3 aromatic rings. The molecule has 7 nitrogen and oxygen atoms in total. The summed E-state index contributed by atoms with van der Waals surface area (Å²) in [4.78, 5) is 21.2. The van der Waals surface area contributed by atoms with Crippen LogP contribution in [0.1, 0.15) is 27.0 Å². The summed E-state index contributed by atoms with van der Waals surface area (Å²) in [6.07, 6.45) is 4.25. The topological polar surface area (TPSA) is 101 Å². The number of pyridine rings is 2. The van der Waals surface area contributed by atoms with Gasteiger partial charge in [0.05, 0.1) is 11.8 Å². The Kier molecular flexibility index (Phi) is 6.73. The Morgan fingerprint density at radius 3 is 2.47 bits per heavy atom. The molecular formula is C21H22N4O3S2. The van der Waals surface area contributed by atoms with Crippen LogP contribution in [0.2, 0.25) is 0 Å². The van der Waals surface area contributed by atoms with E-state index < -0.39 is 10.0 Å². The van der Waals surface area contributed by atoms with E-state index in [1.165, 1.54) is 18.0 Å². The van der Waals surface area contributed by atoms with Gasteiger partial charge < -0.3 is 5.32 Å². The molecule has 156 valence electrons. The van der Waals surface area contributed by atoms with Crippen LogP contribution in [0.3, 0.4) is 0 Å². The number of benzene rings is 1. The van der Waals surface area contributed by atoms with Gasteiger partial charge in [-0.15, -0.1) is 11.8 Å². The summed E-state index contributed by atoms with van der Waals surface area (Å²) in [5.41, 5.74) is 4.21. The molecule has 30 heavy (non-hydrogen) atoms. The lowest BCUT2D eigenvalue weighted by Gasteiger charge is -2.11. The smallest absolute Gasteiger partial charge is 0.258 e. The van der Waals surface area contributed by atoms with E-state index >= 15 is 0 Å². The fourth-order valence-electron chi connectivity index (χ4n) is 2.89. The van der Waals surface area contributed by atoms with Crippen LogP contribution in [0.15, 0.2) is 59.9 Å². The molecule has 0 spiro atoms. The third kappa shape index (κ3) is 6.30. The van der Waals surface area contributed by atoms with Crippen molar-refractivity contribution in [1.29, 1.82) is 0 Å². The normalized spacial score (nSPS) is 11.2. The van der Waals surface area contributed by atoms with Gasteiger partial charge in [-0.1, -0.05) is 6.07 Å². The molecule has 2 aromatic heterocycles. The molecule has 0 atom stereocenters. The molecule has 0 radical (unpaired) electrons. The number of hydrogen-bond acceptors (Lipinski definition) is 6. The van der Waals surface area contributed by atoms with Gasteiger partial charge >= 0.3 is 0 Å². The van der Waals surface area contributed by atoms with Gasteiger partial charge in [-0.25, -0.2) is 18.4 Å². The van der Waals surface area contributed by atoms with Crippen molar-refractivity contribution in [2.45, 2.75) is 24.6 Å². The third-order valence-corrected chi connectivity index (χ3v) is 5.64. The lowest BCUT2D eigenvalue weighted by Crippen LogP contribution is -2.14. The molecule has 0 fully saturated rings. The maximum atomic E-state index is 12.8. The first kappa shape index (κ1) is 21.8. The Morgan fingerprint density at radius 1 is 1.03 bits per heavy atom. The Labute approximate surface area is 180 Å². The van der Waals surface area contributed by atoms with Crippen molar-refractivity contribution in [2.75, 3.05) is 16.3 Å². The Balaban J connectivity index is 1.74. The van der Waals surface area contributed by atoms with Crippen LogP contribution in [-0.2, 0) is 15.8 Å². The van der Waals surface area contributed by atoms with Crippen molar-refractivity contribution >= 4 is 39.2 Å². The first-order valence-electron chi connectivity index (χ1n) is 9.10. The van der Waals surface area contributed by atoms with E-state index in [-0.39, 0.29) is 11.7 Å². The van der Waals surface area contributed by atoms with E-state index in [9.17, 15) is 13.2 Å². The summed E-state index contributed by atoms with van der Waals surface area (Å²) in [7, 11) is -3.40. The number of nitrogens with one attached hydrogen (secondary N) is 2. The molecule has 1 aromatic carbocycles. The quantitative estimate of drug-likeness (QED) is 0.536. The lowest BCUT2D eigenvalue weighted by atomic mass is 10.1. The lowest BCUT2D eigenvalue weighted by molar-refractivity contribution is 0.102. The molecular weight excluding hydrogens is 420 g/mol. The van der Waals surface area contributed by atoms with Crippen molar-refractivity contribution in [3.05, 3.63) is 77.1 Å². The van der Waals surface area contributed by atoms with Crippen molar-refractivity contribution in [3.63, 3.8) is 0 Å². The van der Waals surface area contributed by atoms with Crippen LogP contribution in [0.5, 0.6) is 0 Å². The van der Waals surface area contributed by atoms with Gasteiger partial charge in [-0.2, -0.15) is 0 Å². The zero-order chi connectivity index (χ0) is 21.7. The van der Waals surface area contributed by atoms with Gasteiger partial charge in [0.1, 0.15) is 10.8 Å². The van der Waals surface area contributed by atoms with Crippen LogP contribution < -0.4 is 10.0 Å². The van der Waals surface area contributed by atoms with Crippen LogP contribution in [0, 0.1) is 13.8 Å². The molecule has 3 rings (SSSR count). The van der Waals surface area contributed by atoms with Gasteiger partial charge in [0.15, 0.2) is 0 Å². The number of hydrogen-bond donors (Lipinski definition) is 2. The number of nitrogens with zero attached hydrogens (tertiary/aromatic N) is 2. The summed E-state index contributed by atoms with van der Waals surface area (Å²) in [5, 5.41) is 3.53. The number of anilines is 2. The van der Waals surface area contributed by atoms with Gasteiger partial charge in [0.25, 0.3) is 5.91 Å². The average molecular weight is 443 g/mol. The maximum absolute atomic E-state index is 12.8. The number of carbonyl (C=O) groups excluding carboxylic acids is 1. The molecule has 0 aliphatic rings. The molecule has 0 aliphatic carbocycles. The number of aryl methyl sites for hydroxylation is 2. The minimum Gasteiger partial charge on any atom is -0.322 e. The summed E-state index contributed by atoms with van der Waals surface area (Å²) in [6.45, 7) is 3.96. The standard InChI is InChI=1S/C21H22N4O3S2/c1-14-9-15(2)11-17(10-14)24-20(26)18-5-4-7-23-21(18)29-13-16-6-8-22-19(12-16)25-30(3,27)28/h4-12H,13H2,1-3H3,(H,22,25)(H,24,26). The SMILES string of the molecule is Cc1cc(C)cc(NC(=O)c2cccnc2SCc2ccnc(NS(C)(=O)=O)c2)c1. The molecule has 2 N–H and O–H groups in total. The van der Waals surface area contributed by atoms with E-state index in [0.29, 0.717) is 16.3 Å². The molecule has 0 unspecified atom stereocenters. The zero-order valence-corrected chi connectivity index (χ0v) is 18.5. The second-order valence-corrected chi connectivity index (χ2v) is 9.61. The second kappa shape index (κ2) is 9.27. The number of aromatic nitrogens is 2. The number of amides is 1. The van der Waals surface area contributed by atoms with Crippen molar-refractivity contribution in [1.82, 2.24) is 9.97 Å². The largest absolute Gasteiger partial charge is 0.322 e. The minimum atomic E-state index is -3.40.